The number of rotatable bonds is 4. The molecule has 0 unspecified atom stereocenters. The summed E-state index contributed by atoms with van der Waals surface area (Å²) < 4.78 is 5.33. The molecule has 10 heteroatoms. The van der Waals surface area contributed by atoms with Crippen LogP contribution in [0.4, 0.5) is 0 Å². The van der Waals surface area contributed by atoms with Crippen LogP contribution >= 0.6 is 0 Å². The Morgan fingerprint density at radius 3 is 2.43 bits per heavy atom. The highest BCUT2D eigenvalue weighted by molar-refractivity contribution is 6.01. The first-order chi connectivity index (χ1) is 14.5. The minimum Gasteiger partial charge on any atom is -0.339 e. The molecular formula is C20H22N6O4. The van der Waals surface area contributed by atoms with Gasteiger partial charge >= 0.3 is 0 Å². The van der Waals surface area contributed by atoms with E-state index >= 15 is 0 Å². The maximum Gasteiger partial charge on any atom is 0.274 e. The molecule has 0 aliphatic carbocycles. The van der Waals surface area contributed by atoms with Crippen molar-refractivity contribution in [2.24, 2.45) is 5.10 Å². The predicted octanol–water partition coefficient (Wildman–Crippen LogP) is 0.754. The molecule has 0 radical (unpaired) electrons. The van der Waals surface area contributed by atoms with Gasteiger partial charge in [0.1, 0.15) is 12.3 Å². The van der Waals surface area contributed by atoms with Crippen LogP contribution in [-0.2, 0) is 14.4 Å². The lowest BCUT2D eigenvalue weighted by molar-refractivity contribution is -0.143. The summed E-state index contributed by atoms with van der Waals surface area (Å²) in [7, 11) is 0. The van der Waals surface area contributed by atoms with E-state index in [0.717, 1.165) is 5.56 Å². The summed E-state index contributed by atoms with van der Waals surface area (Å²) in [5.74, 6) is 0.256. The molecule has 1 aromatic heterocycles. The van der Waals surface area contributed by atoms with Crippen LogP contribution in [0.3, 0.4) is 0 Å². The first kappa shape index (κ1) is 19.7. The number of nitrogens with zero attached hydrogens (tertiary/aromatic N) is 6. The fraction of sp³-hybridized carbons (Fsp3) is 0.400. The molecule has 1 saturated heterocycles. The summed E-state index contributed by atoms with van der Waals surface area (Å²) in [4.78, 5) is 44.1. The van der Waals surface area contributed by atoms with Gasteiger partial charge in [0, 0.05) is 51.5 Å². The van der Waals surface area contributed by atoms with Crippen LogP contribution < -0.4 is 0 Å². The minimum absolute atomic E-state index is 0.00280. The molecule has 10 nitrogen and oxygen atoms in total. The molecule has 2 aliphatic heterocycles. The topological polar surface area (TPSA) is 112 Å². The Morgan fingerprint density at radius 1 is 1.03 bits per heavy atom. The zero-order valence-electron chi connectivity index (χ0n) is 16.7. The molecule has 4 rings (SSSR count). The number of piperazine rings is 1. The summed E-state index contributed by atoms with van der Waals surface area (Å²) in [6.45, 7) is 3.24. The van der Waals surface area contributed by atoms with Gasteiger partial charge in [0.25, 0.3) is 5.89 Å². The molecule has 0 saturated carbocycles. The molecule has 0 bridgehead atoms. The fourth-order valence-corrected chi connectivity index (χ4v) is 3.42. The molecule has 1 fully saturated rings. The number of hydrogen-bond acceptors (Lipinski definition) is 7. The van der Waals surface area contributed by atoms with Gasteiger partial charge in [0.15, 0.2) is 0 Å². The third-order valence-corrected chi connectivity index (χ3v) is 5.17. The van der Waals surface area contributed by atoms with Crippen molar-refractivity contribution in [1.29, 1.82) is 0 Å². The number of carbonyl (C=O) groups is 3. The van der Waals surface area contributed by atoms with Crippen molar-refractivity contribution in [2.75, 3.05) is 32.7 Å². The Hall–Kier alpha value is -3.56. The van der Waals surface area contributed by atoms with Gasteiger partial charge in [-0.3, -0.25) is 14.4 Å². The van der Waals surface area contributed by atoms with Gasteiger partial charge in [-0.15, -0.1) is 0 Å². The molecule has 3 amide bonds. The van der Waals surface area contributed by atoms with E-state index in [1.165, 1.54) is 11.9 Å². The molecule has 0 atom stereocenters. The third-order valence-electron chi connectivity index (χ3n) is 5.17. The van der Waals surface area contributed by atoms with Crippen LogP contribution in [-0.4, -0.2) is 81.1 Å². The van der Waals surface area contributed by atoms with Gasteiger partial charge in [0.05, 0.1) is 0 Å². The van der Waals surface area contributed by atoms with Gasteiger partial charge in [-0.1, -0.05) is 35.5 Å². The Bertz CT molecular complexity index is 978. The molecule has 2 aliphatic rings. The van der Waals surface area contributed by atoms with Crippen LogP contribution in [0.15, 0.2) is 40.0 Å². The van der Waals surface area contributed by atoms with Gasteiger partial charge in [0.2, 0.25) is 23.5 Å². The van der Waals surface area contributed by atoms with Crippen molar-refractivity contribution in [2.45, 2.75) is 19.8 Å². The van der Waals surface area contributed by atoms with Gasteiger partial charge < -0.3 is 14.3 Å². The van der Waals surface area contributed by atoms with Crippen molar-refractivity contribution in [3.63, 3.8) is 0 Å². The lowest BCUT2D eigenvalue weighted by Gasteiger charge is -2.35. The molecule has 156 valence electrons. The summed E-state index contributed by atoms with van der Waals surface area (Å²) >= 11 is 0. The highest BCUT2D eigenvalue weighted by atomic mass is 16.5. The van der Waals surface area contributed by atoms with Crippen LogP contribution in [0, 0.1) is 0 Å². The van der Waals surface area contributed by atoms with E-state index in [1.54, 1.807) is 9.80 Å². The lowest BCUT2D eigenvalue weighted by atomic mass is 10.1. The molecule has 1 aromatic carbocycles. The zero-order chi connectivity index (χ0) is 21.1. The van der Waals surface area contributed by atoms with Crippen molar-refractivity contribution >= 4 is 23.4 Å². The molecular weight excluding hydrogens is 388 g/mol. The van der Waals surface area contributed by atoms with Crippen LogP contribution in [0.2, 0.25) is 0 Å². The van der Waals surface area contributed by atoms with E-state index in [4.69, 9.17) is 4.52 Å². The quantitative estimate of drug-likeness (QED) is 0.735. The van der Waals surface area contributed by atoms with Crippen molar-refractivity contribution in [3.8, 4) is 11.4 Å². The lowest BCUT2D eigenvalue weighted by Crippen LogP contribution is -2.52. The van der Waals surface area contributed by atoms with E-state index in [1.807, 2.05) is 30.3 Å². The average molecular weight is 410 g/mol. The Labute approximate surface area is 173 Å². The van der Waals surface area contributed by atoms with E-state index in [2.05, 4.69) is 15.2 Å². The maximum atomic E-state index is 12.6. The third kappa shape index (κ3) is 4.22. The number of aromatic nitrogens is 2. The summed E-state index contributed by atoms with van der Waals surface area (Å²) in [6.07, 6.45) is 0.588. The second-order valence-electron chi connectivity index (χ2n) is 7.17. The van der Waals surface area contributed by atoms with Crippen molar-refractivity contribution in [1.82, 2.24) is 24.9 Å². The van der Waals surface area contributed by atoms with E-state index in [9.17, 15) is 14.4 Å². The smallest absolute Gasteiger partial charge is 0.274 e. The monoisotopic (exact) mass is 410 g/mol. The highest BCUT2D eigenvalue weighted by Gasteiger charge is 2.29. The Kier molecular flexibility index (Phi) is 5.55. The zero-order valence-corrected chi connectivity index (χ0v) is 16.7. The van der Waals surface area contributed by atoms with Crippen molar-refractivity contribution in [3.05, 3.63) is 36.2 Å². The SMILES string of the molecule is CC(=O)N1CCN(C(=O)CN2N=C(c3nc(-c4ccccc4)no3)CCC2=O)CC1. The number of amides is 3. The first-order valence-corrected chi connectivity index (χ1v) is 9.82. The van der Waals surface area contributed by atoms with Crippen LogP contribution in [0.1, 0.15) is 25.7 Å². The van der Waals surface area contributed by atoms with E-state index in [0.29, 0.717) is 44.1 Å². The molecule has 3 heterocycles. The van der Waals surface area contributed by atoms with E-state index < -0.39 is 0 Å². The molecule has 0 N–H and O–H groups in total. The van der Waals surface area contributed by atoms with E-state index in [-0.39, 0.29) is 36.6 Å². The number of benzene rings is 1. The van der Waals surface area contributed by atoms with Crippen molar-refractivity contribution < 1.29 is 18.9 Å². The van der Waals surface area contributed by atoms with Gasteiger partial charge in [-0.2, -0.15) is 10.1 Å². The number of hydrazone groups is 1. The van der Waals surface area contributed by atoms with Gasteiger partial charge in [-0.05, 0) is 0 Å². The maximum absolute atomic E-state index is 12.6. The standard InChI is InChI=1S/C20H22N6O4/c1-14(27)24-9-11-25(12-10-24)18(29)13-26-17(28)8-7-16(22-26)20-21-19(23-30-20)15-5-3-2-4-6-15/h2-6H,7-13H2,1H3. The fourth-order valence-electron chi connectivity index (χ4n) is 3.42. The average Bonchev–Trinajstić information content (AvgIpc) is 3.26. The second kappa shape index (κ2) is 8.44. The normalized spacial score (nSPS) is 17.2. The minimum atomic E-state index is -0.225. The Morgan fingerprint density at radius 2 is 1.73 bits per heavy atom. The predicted molar refractivity (Wildman–Crippen MR) is 106 cm³/mol. The molecule has 0 spiro atoms. The van der Waals surface area contributed by atoms with Crippen LogP contribution in [0.25, 0.3) is 11.4 Å². The first-order valence-electron chi connectivity index (χ1n) is 9.82. The molecule has 2 aromatic rings. The Balaban J connectivity index is 1.43. The molecule has 30 heavy (non-hydrogen) atoms. The summed E-state index contributed by atoms with van der Waals surface area (Å²) in [5, 5.41) is 9.47. The summed E-state index contributed by atoms with van der Waals surface area (Å²) in [6, 6.07) is 9.41. The highest BCUT2D eigenvalue weighted by Crippen LogP contribution is 2.19. The van der Waals surface area contributed by atoms with Crippen LogP contribution in [0.5, 0.6) is 0 Å². The number of carbonyl (C=O) groups excluding carboxylic acids is 3. The van der Waals surface area contributed by atoms with Gasteiger partial charge in [-0.25, -0.2) is 5.01 Å². The summed E-state index contributed by atoms with van der Waals surface area (Å²) in [5.41, 5.74) is 1.30. The number of hydrogen-bond donors (Lipinski definition) is 0. The largest absolute Gasteiger partial charge is 0.339 e. The second-order valence-corrected chi connectivity index (χ2v) is 7.17.